The zero-order chi connectivity index (χ0) is 17.6. The van der Waals surface area contributed by atoms with E-state index in [0.717, 1.165) is 63.2 Å². The zero-order valence-corrected chi connectivity index (χ0v) is 15.4. The highest BCUT2D eigenvalue weighted by Crippen LogP contribution is 2.29. The van der Waals surface area contributed by atoms with Gasteiger partial charge in [-0.2, -0.15) is 0 Å². The van der Waals surface area contributed by atoms with Crippen molar-refractivity contribution in [2.45, 2.75) is 44.6 Å². The number of nitrogens with zero attached hydrogens (tertiary/aromatic N) is 1. The predicted octanol–water partition coefficient (Wildman–Crippen LogP) is 2.63. The predicted molar refractivity (Wildman–Crippen MR) is 98.2 cm³/mol. The lowest BCUT2D eigenvalue weighted by atomic mass is 9.94. The quantitative estimate of drug-likeness (QED) is 0.860. The normalized spacial score (nSPS) is 23.5. The van der Waals surface area contributed by atoms with Crippen LogP contribution in [0.3, 0.4) is 0 Å². The third kappa shape index (κ3) is 4.27. The van der Waals surface area contributed by atoms with Gasteiger partial charge in [0.05, 0.1) is 20.1 Å². The molecule has 2 fully saturated rings. The number of carbonyl (C=O) groups is 1. The molecule has 1 amide bonds. The molecule has 138 valence electrons. The van der Waals surface area contributed by atoms with Gasteiger partial charge >= 0.3 is 0 Å². The van der Waals surface area contributed by atoms with Crippen molar-refractivity contribution < 1.29 is 14.3 Å². The minimum absolute atomic E-state index is 0.182. The molecule has 2 saturated heterocycles. The van der Waals surface area contributed by atoms with Gasteiger partial charge in [0.1, 0.15) is 0 Å². The summed E-state index contributed by atoms with van der Waals surface area (Å²) >= 11 is 0. The Morgan fingerprint density at radius 3 is 2.76 bits per heavy atom. The van der Waals surface area contributed by atoms with Crippen LogP contribution in [0.5, 0.6) is 11.5 Å². The van der Waals surface area contributed by atoms with E-state index in [0.29, 0.717) is 11.9 Å². The maximum Gasteiger partial charge on any atom is 0.227 e. The number of aryl methyl sites for hydroxylation is 1. The smallest absolute Gasteiger partial charge is 0.227 e. The second-order valence-corrected chi connectivity index (χ2v) is 7.10. The molecule has 0 saturated carbocycles. The van der Waals surface area contributed by atoms with E-state index in [1.807, 2.05) is 6.07 Å². The van der Waals surface area contributed by atoms with Gasteiger partial charge in [-0.15, -0.1) is 0 Å². The van der Waals surface area contributed by atoms with E-state index < -0.39 is 0 Å². The number of amides is 1. The first-order valence-corrected chi connectivity index (χ1v) is 9.45. The average molecular weight is 346 g/mol. The minimum Gasteiger partial charge on any atom is -0.493 e. The van der Waals surface area contributed by atoms with Crippen molar-refractivity contribution in [2.75, 3.05) is 33.9 Å². The molecule has 5 heteroatoms. The minimum atomic E-state index is 0.182. The lowest BCUT2D eigenvalue weighted by molar-refractivity contribution is -0.138. The summed E-state index contributed by atoms with van der Waals surface area (Å²) in [5.41, 5.74) is 1.23. The monoisotopic (exact) mass is 346 g/mol. The summed E-state index contributed by atoms with van der Waals surface area (Å²) < 4.78 is 10.7. The number of piperidine rings is 1. The lowest BCUT2D eigenvalue weighted by Crippen LogP contribution is -2.47. The van der Waals surface area contributed by atoms with Crippen LogP contribution in [0.25, 0.3) is 0 Å². The SMILES string of the molecule is COc1ccc(CC[C@@H]2CCCCN2C(=O)[C@@H]2CCNC2)cc1OC. The van der Waals surface area contributed by atoms with Gasteiger partial charge in [-0.1, -0.05) is 6.07 Å². The summed E-state index contributed by atoms with van der Waals surface area (Å²) in [6, 6.07) is 6.48. The van der Waals surface area contributed by atoms with Gasteiger partial charge in [0.15, 0.2) is 11.5 Å². The van der Waals surface area contributed by atoms with Crippen LogP contribution >= 0.6 is 0 Å². The van der Waals surface area contributed by atoms with Crippen molar-refractivity contribution in [1.29, 1.82) is 0 Å². The molecule has 1 aromatic rings. The molecular weight excluding hydrogens is 316 g/mol. The molecule has 0 aromatic heterocycles. The molecule has 0 aliphatic carbocycles. The third-order valence-corrected chi connectivity index (χ3v) is 5.53. The van der Waals surface area contributed by atoms with Crippen molar-refractivity contribution in [3.63, 3.8) is 0 Å². The van der Waals surface area contributed by atoms with E-state index in [1.165, 1.54) is 12.0 Å². The van der Waals surface area contributed by atoms with Crippen LogP contribution in [0.1, 0.15) is 37.7 Å². The fourth-order valence-electron chi connectivity index (χ4n) is 4.06. The molecule has 5 nitrogen and oxygen atoms in total. The van der Waals surface area contributed by atoms with Crippen LogP contribution in [0, 0.1) is 5.92 Å². The summed E-state index contributed by atoms with van der Waals surface area (Å²) in [4.78, 5) is 15.0. The molecule has 1 N–H and O–H groups in total. The number of rotatable bonds is 6. The third-order valence-electron chi connectivity index (χ3n) is 5.53. The maximum absolute atomic E-state index is 12.9. The van der Waals surface area contributed by atoms with Crippen molar-refractivity contribution in [3.8, 4) is 11.5 Å². The Labute approximate surface area is 150 Å². The summed E-state index contributed by atoms with van der Waals surface area (Å²) in [6.07, 6.45) is 6.44. The topological polar surface area (TPSA) is 50.8 Å². The molecule has 0 bridgehead atoms. The molecule has 2 aliphatic rings. The first-order valence-electron chi connectivity index (χ1n) is 9.45. The second-order valence-electron chi connectivity index (χ2n) is 7.10. The number of benzene rings is 1. The number of hydrogen-bond donors (Lipinski definition) is 1. The van der Waals surface area contributed by atoms with E-state index in [2.05, 4.69) is 22.3 Å². The van der Waals surface area contributed by atoms with Gasteiger partial charge in [-0.05, 0) is 62.8 Å². The largest absolute Gasteiger partial charge is 0.493 e. The summed E-state index contributed by atoms with van der Waals surface area (Å²) in [6.45, 7) is 2.74. The van der Waals surface area contributed by atoms with Gasteiger partial charge < -0.3 is 19.7 Å². The van der Waals surface area contributed by atoms with Crippen LogP contribution in [-0.4, -0.2) is 50.7 Å². The highest BCUT2D eigenvalue weighted by Gasteiger charge is 2.32. The van der Waals surface area contributed by atoms with Crippen molar-refractivity contribution in [1.82, 2.24) is 10.2 Å². The number of likely N-dealkylation sites (tertiary alicyclic amines) is 1. The fourth-order valence-corrected chi connectivity index (χ4v) is 4.06. The molecule has 2 aliphatic heterocycles. The van der Waals surface area contributed by atoms with E-state index in [1.54, 1.807) is 14.2 Å². The van der Waals surface area contributed by atoms with E-state index in [9.17, 15) is 4.79 Å². The highest BCUT2D eigenvalue weighted by atomic mass is 16.5. The molecule has 1 aromatic carbocycles. The summed E-state index contributed by atoms with van der Waals surface area (Å²) in [5, 5.41) is 3.32. The summed E-state index contributed by atoms with van der Waals surface area (Å²) in [7, 11) is 3.32. The summed E-state index contributed by atoms with van der Waals surface area (Å²) in [5.74, 6) is 2.08. The Hall–Kier alpha value is -1.75. The van der Waals surface area contributed by atoms with Gasteiger partial charge in [0, 0.05) is 19.1 Å². The zero-order valence-electron chi connectivity index (χ0n) is 15.4. The number of nitrogens with one attached hydrogen (secondary N) is 1. The lowest BCUT2D eigenvalue weighted by Gasteiger charge is -2.37. The molecule has 0 unspecified atom stereocenters. The molecule has 3 rings (SSSR count). The van der Waals surface area contributed by atoms with Crippen LogP contribution < -0.4 is 14.8 Å². The van der Waals surface area contributed by atoms with Crippen molar-refractivity contribution >= 4 is 5.91 Å². The molecule has 0 radical (unpaired) electrons. The number of carbonyl (C=O) groups excluding carboxylic acids is 1. The van der Waals surface area contributed by atoms with Crippen LogP contribution in [0.4, 0.5) is 0 Å². The molecule has 25 heavy (non-hydrogen) atoms. The molecule has 2 atom stereocenters. The first-order chi connectivity index (χ1) is 12.2. The number of ether oxygens (including phenoxy) is 2. The number of hydrogen-bond acceptors (Lipinski definition) is 4. The van der Waals surface area contributed by atoms with E-state index in [4.69, 9.17) is 9.47 Å². The van der Waals surface area contributed by atoms with Gasteiger partial charge in [-0.3, -0.25) is 4.79 Å². The standard InChI is InChI=1S/C20H30N2O3/c1-24-18-9-7-15(13-19(18)25-2)6-8-17-5-3-4-12-22(17)20(23)16-10-11-21-14-16/h7,9,13,16-17,21H,3-6,8,10-12,14H2,1-2H3/t16-,17+/m1/s1. The Kier molecular flexibility index (Phi) is 6.19. The molecule has 2 heterocycles. The van der Waals surface area contributed by atoms with Crippen LogP contribution in [0.2, 0.25) is 0 Å². The average Bonchev–Trinajstić information content (AvgIpc) is 3.20. The molecular formula is C20H30N2O3. The van der Waals surface area contributed by atoms with Crippen LogP contribution in [0.15, 0.2) is 18.2 Å². The van der Waals surface area contributed by atoms with Crippen molar-refractivity contribution in [2.24, 2.45) is 5.92 Å². The van der Waals surface area contributed by atoms with E-state index >= 15 is 0 Å². The highest BCUT2D eigenvalue weighted by molar-refractivity contribution is 5.79. The Morgan fingerprint density at radius 2 is 2.04 bits per heavy atom. The second kappa shape index (κ2) is 8.56. The Bertz CT molecular complexity index is 584. The maximum atomic E-state index is 12.9. The number of methoxy groups -OCH3 is 2. The van der Waals surface area contributed by atoms with E-state index in [-0.39, 0.29) is 5.92 Å². The first kappa shape index (κ1) is 18.1. The fraction of sp³-hybridized carbons (Fsp3) is 0.650. The van der Waals surface area contributed by atoms with Gasteiger partial charge in [0.2, 0.25) is 5.91 Å². The Balaban J connectivity index is 1.62. The van der Waals surface area contributed by atoms with Crippen LogP contribution in [-0.2, 0) is 11.2 Å². The van der Waals surface area contributed by atoms with Gasteiger partial charge in [-0.25, -0.2) is 0 Å². The Morgan fingerprint density at radius 1 is 1.20 bits per heavy atom. The van der Waals surface area contributed by atoms with Crippen molar-refractivity contribution in [3.05, 3.63) is 23.8 Å². The van der Waals surface area contributed by atoms with Gasteiger partial charge in [0.25, 0.3) is 0 Å². The molecule has 0 spiro atoms.